The molecule has 0 spiro atoms. The number of nitrogens with one attached hydrogen (secondary N) is 1. The highest BCUT2D eigenvalue weighted by molar-refractivity contribution is 5.05. The van der Waals surface area contributed by atoms with Crippen molar-refractivity contribution in [1.29, 1.82) is 0 Å². The first kappa shape index (κ1) is 13.6. The van der Waals surface area contributed by atoms with Gasteiger partial charge in [-0.15, -0.1) is 0 Å². The minimum Gasteiger partial charge on any atom is -0.389 e. The highest BCUT2D eigenvalue weighted by Gasteiger charge is 2.08. The van der Waals surface area contributed by atoms with Crippen molar-refractivity contribution >= 4 is 0 Å². The Balaban J connectivity index is 2.11. The molecule has 0 saturated carbocycles. The van der Waals surface area contributed by atoms with Crippen molar-refractivity contribution in [3.63, 3.8) is 0 Å². The Bertz CT molecular complexity index is 207. The summed E-state index contributed by atoms with van der Waals surface area (Å²) in [5.41, 5.74) is 1.48. The second-order valence-corrected chi connectivity index (χ2v) is 4.87. The maximum absolute atomic E-state index is 3.59. The summed E-state index contributed by atoms with van der Waals surface area (Å²) >= 11 is 0. The maximum atomic E-state index is 3.59. The second kappa shape index (κ2) is 7.72. The largest absolute Gasteiger partial charge is 0.389 e. The summed E-state index contributed by atoms with van der Waals surface area (Å²) in [5, 5.41) is 3.59. The summed E-state index contributed by atoms with van der Waals surface area (Å²) in [6, 6.07) is 0. The van der Waals surface area contributed by atoms with Crippen molar-refractivity contribution in [2.75, 3.05) is 26.2 Å². The highest BCUT2D eigenvalue weighted by atomic mass is 15.1. The molecule has 0 aliphatic heterocycles. The van der Waals surface area contributed by atoms with Crippen LogP contribution in [0.5, 0.6) is 0 Å². The SMILES string of the molecule is CCN(CC)CCCNC1=CC(C)CCC1. The molecule has 0 aromatic heterocycles. The summed E-state index contributed by atoms with van der Waals surface area (Å²) in [6.07, 6.45) is 7.66. The smallest absolute Gasteiger partial charge is 0.0156 e. The van der Waals surface area contributed by atoms with E-state index in [0.29, 0.717) is 0 Å². The molecule has 1 aliphatic carbocycles. The van der Waals surface area contributed by atoms with E-state index >= 15 is 0 Å². The van der Waals surface area contributed by atoms with E-state index in [2.05, 4.69) is 37.1 Å². The summed E-state index contributed by atoms with van der Waals surface area (Å²) in [6.45, 7) is 11.5. The standard InChI is InChI=1S/C14H28N2/c1-4-16(5-2)11-7-10-15-14-9-6-8-13(3)12-14/h12-13,15H,4-11H2,1-3H3. The van der Waals surface area contributed by atoms with E-state index in [-0.39, 0.29) is 0 Å². The first-order valence-corrected chi connectivity index (χ1v) is 6.93. The lowest BCUT2D eigenvalue weighted by atomic mass is 9.95. The molecule has 0 bridgehead atoms. The van der Waals surface area contributed by atoms with Crippen LogP contribution in [0, 0.1) is 5.92 Å². The fraction of sp³-hybridized carbons (Fsp3) is 0.857. The summed E-state index contributed by atoms with van der Waals surface area (Å²) in [5.74, 6) is 0.777. The molecule has 16 heavy (non-hydrogen) atoms. The Morgan fingerprint density at radius 3 is 2.75 bits per heavy atom. The number of rotatable bonds is 7. The first-order chi connectivity index (χ1) is 7.76. The van der Waals surface area contributed by atoms with E-state index < -0.39 is 0 Å². The average Bonchev–Trinajstić information content (AvgIpc) is 2.29. The van der Waals surface area contributed by atoms with E-state index in [0.717, 1.165) is 12.5 Å². The number of hydrogen-bond acceptors (Lipinski definition) is 2. The molecule has 1 unspecified atom stereocenters. The molecule has 0 heterocycles. The fourth-order valence-corrected chi connectivity index (χ4v) is 2.36. The van der Waals surface area contributed by atoms with Crippen LogP contribution in [0.2, 0.25) is 0 Å². The minimum absolute atomic E-state index is 0.777. The highest BCUT2D eigenvalue weighted by Crippen LogP contribution is 2.20. The van der Waals surface area contributed by atoms with Crippen molar-refractivity contribution in [2.45, 2.75) is 46.5 Å². The van der Waals surface area contributed by atoms with Gasteiger partial charge in [-0.2, -0.15) is 0 Å². The van der Waals surface area contributed by atoms with E-state index in [1.54, 1.807) is 0 Å². The number of allylic oxidation sites excluding steroid dienone is 2. The molecule has 94 valence electrons. The van der Waals surface area contributed by atoms with Gasteiger partial charge in [0.15, 0.2) is 0 Å². The Kier molecular flexibility index (Phi) is 6.55. The van der Waals surface area contributed by atoms with Crippen LogP contribution in [-0.4, -0.2) is 31.1 Å². The van der Waals surface area contributed by atoms with Crippen LogP contribution in [0.1, 0.15) is 46.5 Å². The fourth-order valence-electron chi connectivity index (χ4n) is 2.36. The predicted octanol–water partition coefficient (Wildman–Crippen LogP) is 3.01. The van der Waals surface area contributed by atoms with Crippen molar-refractivity contribution in [1.82, 2.24) is 10.2 Å². The van der Waals surface area contributed by atoms with Crippen LogP contribution in [0.4, 0.5) is 0 Å². The van der Waals surface area contributed by atoms with Crippen molar-refractivity contribution in [2.24, 2.45) is 5.92 Å². The van der Waals surface area contributed by atoms with Crippen LogP contribution < -0.4 is 5.32 Å². The van der Waals surface area contributed by atoms with Gasteiger partial charge in [0, 0.05) is 12.2 Å². The zero-order valence-electron chi connectivity index (χ0n) is 11.3. The molecular formula is C14H28N2. The van der Waals surface area contributed by atoms with E-state index in [9.17, 15) is 0 Å². The lowest BCUT2D eigenvalue weighted by molar-refractivity contribution is 0.299. The molecule has 1 aliphatic rings. The van der Waals surface area contributed by atoms with E-state index in [1.807, 2.05) is 0 Å². The Morgan fingerprint density at radius 1 is 1.38 bits per heavy atom. The quantitative estimate of drug-likeness (QED) is 0.669. The molecule has 1 N–H and O–H groups in total. The Morgan fingerprint density at radius 2 is 2.12 bits per heavy atom. The van der Waals surface area contributed by atoms with Gasteiger partial charge in [-0.25, -0.2) is 0 Å². The molecule has 0 fully saturated rings. The predicted molar refractivity (Wildman–Crippen MR) is 71.5 cm³/mol. The van der Waals surface area contributed by atoms with Gasteiger partial charge in [-0.3, -0.25) is 0 Å². The molecule has 1 rings (SSSR count). The molecule has 0 saturated heterocycles. The summed E-state index contributed by atoms with van der Waals surface area (Å²) in [7, 11) is 0. The van der Waals surface area contributed by atoms with Gasteiger partial charge in [-0.05, 0) is 51.2 Å². The average molecular weight is 224 g/mol. The summed E-state index contributed by atoms with van der Waals surface area (Å²) < 4.78 is 0. The summed E-state index contributed by atoms with van der Waals surface area (Å²) in [4.78, 5) is 2.49. The lowest BCUT2D eigenvalue weighted by Gasteiger charge is -2.21. The molecule has 0 aromatic rings. The third kappa shape index (κ3) is 5.02. The number of hydrogen-bond donors (Lipinski definition) is 1. The van der Waals surface area contributed by atoms with E-state index in [1.165, 1.54) is 51.0 Å². The second-order valence-electron chi connectivity index (χ2n) is 4.87. The van der Waals surface area contributed by atoms with Gasteiger partial charge in [0.25, 0.3) is 0 Å². The normalized spacial score (nSPS) is 21.0. The van der Waals surface area contributed by atoms with Gasteiger partial charge < -0.3 is 10.2 Å². The minimum atomic E-state index is 0.777. The maximum Gasteiger partial charge on any atom is 0.0156 e. The van der Waals surface area contributed by atoms with Gasteiger partial charge in [0.1, 0.15) is 0 Å². The van der Waals surface area contributed by atoms with Gasteiger partial charge in [0.05, 0.1) is 0 Å². The third-order valence-corrected chi connectivity index (χ3v) is 3.49. The van der Waals surface area contributed by atoms with Crippen LogP contribution in [0.25, 0.3) is 0 Å². The lowest BCUT2D eigenvalue weighted by Crippen LogP contribution is -2.27. The third-order valence-electron chi connectivity index (χ3n) is 3.49. The Hall–Kier alpha value is -0.500. The van der Waals surface area contributed by atoms with Crippen LogP contribution >= 0.6 is 0 Å². The topological polar surface area (TPSA) is 15.3 Å². The van der Waals surface area contributed by atoms with Crippen LogP contribution in [-0.2, 0) is 0 Å². The van der Waals surface area contributed by atoms with E-state index in [4.69, 9.17) is 0 Å². The first-order valence-electron chi connectivity index (χ1n) is 6.93. The zero-order valence-corrected chi connectivity index (χ0v) is 11.3. The van der Waals surface area contributed by atoms with Gasteiger partial charge in [-0.1, -0.05) is 26.8 Å². The zero-order chi connectivity index (χ0) is 11.8. The van der Waals surface area contributed by atoms with Gasteiger partial charge >= 0.3 is 0 Å². The number of nitrogens with zero attached hydrogens (tertiary/aromatic N) is 1. The molecule has 2 nitrogen and oxygen atoms in total. The Labute approximate surface area is 101 Å². The van der Waals surface area contributed by atoms with Crippen molar-refractivity contribution in [3.05, 3.63) is 11.8 Å². The monoisotopic (exact) mass is 224 g/mol. The van der Waals surface area contributed by atoms with Crippen LogP contribution in [0.3, 0.4) is 0 Å². The molecule has 0 amide bonds. The van der Waals surface area contributed by atoms with Crippen LogP contribution in [0.15, 0.2) is 11.8 Å². The molecule has 0 radical (unpaired) electrons. The van der Waals surface area contributed by atoms with Crippen molar-refractivity contribution < 1.29 is 0 Å². The molecule has 0 aromatic carbocycles. The molecule has 1 atom stereocenters. The van der Waals surface area contributed by atoms with Crippen molar-refractivity contribution in [3.8, 4) is 0 Å². The van der Waals surface area contributed by atoms with Gasteiger partial charge in [0.2, 0.25) is 0 Å². The molecule has 2 heteroatoms. The molecular weight excluding hydrogens is 196 g/mol.